The van der Waals surface area contributed by atoms with Gasteiger partial charge in [-0.05, 0) is 36.5 Å². The number of cyclic esters (lactones) is 1. The van der Waals surface area contributed by atoms with Crippen molar-refractivity contribution in [3.8, 4) is 0 Å². The van der Waals surface area contributed by atoms with Crippen molar-refractivity contribution in [2.75, 3.05) is 6.61 Å². The van der Waals surface area contributed by atoms with Crippen LogP contribution in [-0.4, -0.2) is 12.7 Å². The van der Waals surface area contributed by atoms with Crippen LogP contribution in [0.3, 0.4) is 0 Å². The van der Waals surface area contributed by atoms with Crippen molar-refractivity contribution in [3.63, 3.8) is 0 Å². The molecule has 1 saturated heterocycles. The Morgan fingerprint density at radius 1 is 1.44 bits per heavy atom. The van der Waals surface area contributed by atoms with Gasteiger partial charge in [0, 0.05) is 0 Å². The van der Waals surface area contributed by atoms with E-state index in [0.717, 1.165) is 30.4 Å². The van der Waals surface area contributed by atoms with Gasteiger partial charge in [0.2, 0.25) is 0 Å². The molecule has 84 valence electrons. The lowest BCUT2D eigenvalue weighted by Gasteiger charge is -2.33. The number of alkyl carbamates (subject to hydrolysis) is 1. The van der Waals surface area contributed by atoms with E-state index in [4.69, 9.17) is 4.74 Å². The van der Waals surface area contributed by atoms with Crippen LogP contribution in [0.1, 0.15) is 24.0 Å². The van der Waals surface area contributed by atoms with E-state index >= 15 is 0 Å². The Hall–Kier alpha value is -1.58. The smallest absolute Gasteiger partial charge is 0.408 e. The molecule has 1 atom stereocenters. The molecule has 1 N–H and O–H groups in total. The predicted octanol–water partition coefficient (Wildman–Crippen LogP) is 2.10. The van der Waals surface area contributed by atoms with Crippen LogP contribution in [0.2, 0.25) is 0 Å². The zero-order valence-electron chi connectivity index (χ0n) is 8.75. The second-order valence-corrected chi connectivity index (χ2v) is 4.40. The predicted molar refractivity (Wildman–Crippen MR) is 55.5 cm³/mol. The molecule has 4 heteroatoms. The largest absolute Gasteiger partial charge is 0.447 e. The summed E-state index contributed by atoms with van der Waals surface area (Å²) in [5, 5.41) is 2.82. The molecule has 1 aliphatic carbocycles. The first-order valence-electron chi connectivity index (χ1n) is 5.44. The highest BCUT2D eigenvalue weighted by molar-refractivity contribution is 5.71. The van der Waals surface area contributed by atoms with E-state index in [1.807, 2.05) is 6.07 Å². The number of ether oxygens (including phenoxy) is 1. The third-order valence-corrected chi connectivity index (χ3v) is 3.46. The van der Waals surface area contributed by atoms with Gasteiger partial charge < -0.3 is 10.1 Å². The molecule has 1 spiro atoms. The van der Waals surface area contributed by atoms with Crippen LogP contribution in [0.15, 0.2) is 18.2 Å². The lowest BCUT2D eigenvalue weighted by molar-refractivity contribution is 0.169. The SMILES string of the molecule is O=C1N[C@]2(CCCc3c(F)cccc32)CO1. The van der Waals surface area contributed by atoms with Crippen LogP contribution in [0.4, 0.5) is 9.18 Å². The number of hydrogen-bond donors (Lipinski definition) is 1. The molecule has 0 saturated carbocycles. The summed E-state index contributed by atoms with van der Waals surface area (Å²) in [5.74, 6) is -0.183. The summed E-state index contributed by atoms with van der Waals surface area (Å²) in [4.78, 5) is 11.2. The fraction of sp³-hybridized carbons (Fsp3) is 0.417. The Morgan fingerprint density at radius 2 is 2.31 bits per heavy atom. The van der Waals surface area contributed by atoms with Crippen molar-refractivity contribution < 1.29 is 13.9 Å². The molecule has 1 aliphatic heterocycles. The standard InChI is InChI=1S/C12H12FNO2/c13-10-5-1-4-9-8(10)3-2-6-12(9)7-16-11(15)14-12/h1,4-5H,2-3,6-7H2,(H,14,15)/t12-/m1/s1. The van der Waals surface area contributed by atoms with Crippen molar-refractivity contribution in [3.05, 3.63) is 35.1 Å². The molecular weight excluding hydrogens is 209 g/mol. The lowest BCUT2D eigenvalue weighted by atomic mass is 9.77. The van der Waals surface area contributed by atoms with Crippen LogP contribution in [0.5, 0.6) is 0 Å². The Balaban J connectivity index is 2.13. The molecule has 2 aliphatic rings. The van der Waals surface area contributed by atoms with Gasteiger partial charge in [-0.2, -0.15) is 0 Å². The normalized spacial score (nSPS) is 27.4. The van der Waals surface area contributed by atoms with Crippen molar-refractivity contribution in [1.82, 2.24) is 5.32 Å². The summed E-state index contributed by atoms with van der Waals surface area (Å²) in [6, 6.07) is 5.04. The van der Waals surface area contributed by atoms with Crippen molar-refractivity contribution in [1.29, 1.82) is 0 Å². The summed E-state index contributed by atoms with van der Waals surface area (Å²) in [6.45, 7) is 0.308. The summed E-state index contributed by atoms with van der Waals surface area (Å²) < 4.78 is 18.6. The quantitative estimate of drug-likeness (QED) is 0.728. The van der Waals surface area contributed by atoms with E-state index in [2.05, 4.69) is 5.32 Å². The molecule has 16 heavy (non-hydrogen) atoms. The fourth-order valence-electron chi connectivity index (χ4n) is 2.70. The number of fused-ring (bicyclic) bond motifs is 2. The zero-order valence-corrected chi connectivity index (χ0v) is 8.75. The van der Waals surface area contributed by atoms with Gasteiger partial charge in [-0.15, -0.1) is 0 Å². The number of benzene rings is 1. The maximum absolute atomic E-state index is 13.7. The van der Waals surface area contributed by atoms with E-state index in [1.165, 1.54) is 6.07 Å². The monoisotopic (exact) mass is 221 g/mol. The number of carbonyl (C=O) groups is 1. The Kier molecular flexibility index (Phi) is 1.93. The van der Waals surface area contributed by atoms with Crippen molar-refractivity contribution in [2.45, 2.75) is 24.8 Å². The van der Waals surface area contributed by atoms with Crippen molar-refractivity contribution in [2.24, 2.45) is 0 Å². The van der Waals surface area contributed by atoms with Gasteiger partial charge >= 0.3 is 6.09 Å². The van der Waals surface area contributed by atoms with Crippen LogP contribution in [0.25, 0.3) is 0 Å². The Labute approximate surface area is 92.6 Å². The molecule has 1 heterocycles. The van der Waals surface area contributed by atoms with Crippen molar-refractivity contribution >= 4 is 6.09 Å². The number of nitrogens with one attached hydrogen (secondary N) is 1. The molecule has 3 rings (SSSR count). The molecule has 0 bridgehead atoms. The Morgan fingerprint density at radius 3 is 3.06 bits per heavy atom. The summed E-state index contributed by atoms with van der Waals surface area (Å²) in [5.41, 5.74) is 1.11. The molecule has 1 aromatic carbocycles. The van der Waals surface area contributed by atoms with Gasteiger partial charge in [0.25, 0.3) is 0 Å². The summed E-state index contributed by atoms with van der Waals surface area (Å²) in [7, 11) is 0. The topological polar surface area (TPSA) is 38.3 Å². The third-order valence-electron chi connectivity index (χ3n) is 3.46. The number of hydrogen-bond acceptors (Lipinski definition) is 2. The number of amides is 1. The molecule has 0 unspecified atom stereocenters. The average Bonchev–Trinajstić information content (AvgIpc) is 2.63. The van der Waals surface area contributed by atoms with E-state index in [0.29, 0.717) is 6.61 Å². The maximum Gasteiger partial charge on any atom is 0.408 e. The number of carbonyl (C=O) groups excluding carboxylic acids is 1. The Bertz CT molecular complexity index is 460. The first-order chi connectivity index (χ1) is 7.71. The minimum absolute atomic E-state index is 0.183. The molecule has 0 radical (unpaired) electrons. The van der Waals surface area contributed by atoms with Crippen LogP contribution in [-0.2, 0) is 16.7 Å². The van der Waals surface area contributed by atoms with E-state index in [1.54, 1.807) is 6.07 Å². The molecule has 1 fully saturated rings. The van der Waals surface area contributed by atoms with Gasteiger partial charge in [-0.1, -0.05) is 12.1 Å². The van der Waals surface area contributed by atoms with Gasteiger partial charge in [0.15, 0.2) is 0 Å². The second-order valence-electron chi connectivity index (χ2n) is 4.40. The molecular formula is C12H12FNO2. The van der Waals surface area contributed by atoms with E-state index < -0.39 is 11.6 Å². The first-order valence-corrected chi connectivity index (χ1v) is 5.44. The lowest BCUT2D eigenvalue weighted by Crippen LogP contribution is -2.43. The summed E-state index contributed by atoms with van der Waals surface area (Å²) in [6.07, 6.45) is 2.02. The fourth-order valence-corrected chi connectivity index (χ4v) is 2.70. The molecule has 1 aromatic rings. The molecule has 1 amide bonds. The van der Waals surface area contributed by atoms with Crippen LogP contribution in [0, 0.1) is 5.82 Å². The third kappa shape index (κ3) is 1.22. The zero-order chi connectivity index (χ0) is 11.2. The van der Waals surface area contributed by atoms with E-state index in [-0.39, 0.29) is 5.82 Å². The highest BCUT2D eigenvalue weighted by Gasteiger charge is 2.44. The second kappa shape index (κ2) is 3.20. The van der Waals surface area contributed by atoms with Gasteiger partial charge in [0.1, 0.15) is 18.0 Å². The minimum atomic E-state index is -0.493. The molecule has 0 aromatic heterocycles. The van der Waals surface area contributed by atoms with Gasteiger partial charge in [-0.25, -0.2) is 9.18 Å². The van der Waals surface area contributed by atoms with Crippen LogP contribution >= 0.6 is 0 Å². The summed E-state index contributed by atoms with van der Waals surface area (Å²) >= 11 is 0. The first kappa shape index (κ1) is 9.63. The average molecular weight is 221 g/mol. The van der Waals surface area contributed by atoms with Gasteiger partial charge in [0.05, 0.1) is 0 Å². The maximum atomic E-state index is 13.7. The highest BCUT2D eigenvalue weighted by Crippen LogP contribution is 2.38. The highest BCUT2D eigenvalue weighted by atomic mass is 19.1. The minimum Gasteiger partial charge on any atom is -0.447 e. The number of rotatable bonds is 0. The van der Waals surface area contributed by atoms with Crippen LogP contribution < -0.4 is 5.32 Å². The molecule has 3 nitrogen and oxygen atoms in total. The van der Waals surface area contributed by atoms with Gasteiger partial charge in [-0.3, -0.25) is 0 Å². The number of halogens is 1. The van der Waals surface area contributed by atoms with E-state index in [9.17, 15) is 9.18 Å².